The van der Waals surface area contributed by atoms with E-state index in [1.807, 2.05) is 47.4 Å². The number of halogens is 1. The number of urea groups is 1. The van der Waals surface area contributed by atoms with Gasteiger partial charge in [0.1, 0.15) is 5.82 Å². The Morgan fingerprint density at radius 1 is 1.00 bits per heavy atom. The van der Waals surface area contributed by atoms with Crippen LogP contribution in [0.1, 0.15) is 17.5 Å². The standard InChI is InChI=1S/C27H28FN5O/c1-18-23-13-24(28)26(31-12-11-20(15-29)16-31)14-25(23)32(27(34)33(18)30)17-19-7-9-22(10-8-19)21-5-3-2-4-6-21/h2-10,13-14,20H,1,11-12,15-17,29-30H2/t20-/m0/s1. The fourth-order valence-corrected chi connectivity index (χ4v) is 4.74. The molecule has 0 aliphatic carbocycles. The largest absolute Gasteiger partial charge is 0.369 e. The lowest BCUT2D eigenvalue weighted by atomic mass is 10.0. The van der Waals surface area contributed by atoms with Crippen LogP contribution in [0.5, 0.6) is 0 Å². The zero-order chi connectivity index (χ0) is 23.8. The van der Waals surface area contributed by atoms with Crippen molar-refractivity contribution in [2.24, 2.45) is 17.5 Å². The number of benzene rings is 3. The van der Waals surface area contributed by atoms with E-state index in [1.54, 1.807) is 11.0 Å². The number of nitrogens with two attached hydrogens (primary N) is 2. The summed E-state index contributed by atoms with van der Waals surface area (Å²) in [4.78, 5) is 16.7. The van der Waals surface area contributed by atoms with Crippen LogP contribution >= 0.6 is 0 Å². The summed E-state index contributed by atoms with van der Waals surface area (Å²) in [5.74, 6) is 6.01. The topological polar surface area (TPSA) is 78.8 Å². The minimum absolute atomic E-state index is 0.280. The Balaban J connectivity index is 1.48. The molecule has 0 aromatic heterocycles. The molecule has 0 bridgehead atoms. The van der Waals surface area contributed by atoms with Gasteiger partial charge in [0.05, 0.1) is 23.6 Å². The number of hydrazine groups is 1. The van der Waals surface area contributed by atoms with Gasteiger partial charge in [0, 0.05) is 18.7 Å². The van der Waals surface area contributed by atoms with E-state index in [2.05, 4.69) is 18.7 Å². The molecule has 2 amide bonds. The van der Waals surface area contributed by atoms with Crippen molar-refractivity contribution in [3.05, 3.63) is 90.3 Å². The van der Waals surface area contributed by atoms with Gasteiger partial charge >= 0.3 is 6.03 Å². The second-order valence-electron chi connectivity index (χ2n) is 8.91. The maximum atomic E-state index is 15.1. The van der Waals surface area contributed by atoms with Crippen LogP contribution < -0.4 is 21.4 Å². The summed E-state index contributed by atoms with van der Waals surface area (Å²) in [6, 6.07) is 20.9. The van der Waals surface area contributed by atoms with Gasteiger partial charge in [-0.05, 0) is 47.7 Å². The smallest absolute Gasteiger partial charge is 0.343 e. The summed E-state index contributed by atoms with van der Waals surface area (Å²) in [7, 11) is 0. The maximum absolute atomic E-state index is 15.1. The molecule has 1 saturated heterocycles. The van der Waals surface area contributed by atoms with E-state index < -0.39 is 6.03 Å². The highest BCUT2D eigenvalue weighted by molar-refractivity contribution is 6.04. The normalized spacial score (nSPS) is 18.0. The van der Waals surface area contributed by atoms with Crippen molar-refractivity contribution in [1.82, 2.24) is 5.01 Å². The molecular formula is C27H28FN5O. The Morgan fingerprint density at radius 2 is 1.71 bits per heavy atom. The SMILES string of the molecule is C=C1c2cc(F)c(N3CC[C@@H](CN)C3)cc2N(Cc2ccc(-c3ccccc3)cc2)C(=O)N1N. The molecule has 3 aromatic rings. The number of fused-ring (bicyclic) bond motifs is 1. The number of carbonyl (C=O) groups is 1. The van der Waals surface area contributed by atoms with Crippen molar-refractivity contribution in [1.29, 1.82) is 0 Å². The monoisotopic (exact) mass is 457 g/mol. The van der Waals surface area contributed by atoms with Gasteiger partial charge in [-0.25, -0.2) is 20.0 Å². The predicted molar refractivity (Wildman–Crippen MR) is 134 cm³/mol. The van der Waals surface area contributed by atoms with Crippen molar-refractivity contribution < 1.29 is 9.18 Å². The van der Waals surface area contributed by atoms with Crippen LogP contribution in [0.3, 0.4) is 0 Å². The van der Waals surface area contributed by atoms with Gasteiger partial charge in [0.2, 0.25) is 0 Å². The van der Waals surface area contributed by atoms with E-state index in [4.69, 9.17) is 11.6 Å². The fourth-order valence-electron chi connectivity index (χ4n) is 4.74. The van der Waals surface area contributed by atoms with Gasteiger partial charge in [0.25, 0.3) is 0 Å². The third-order valence-corrected chi connectivity index (χ3v) is 6.76. The van der Waals surface area contributed by atoms with E-state index in [0.717, 1.165) is 34.7 Å². The van der Waals surface area contributed by atoms with Crippen molar-refractivity contribution >= 4 is 23.1 Å². The molecule has 174 valence electrons. The summed E-state index contributed by atoms with van der Waals surface area (Å²) in [6.45, 7) is 6.23. The van der Waals surface area contributed by atoms with Crippen LogP contribution in [0.25, 0.3) is 16.8 Å². The molecule has 1 fully saturated rings. The molecular weight excluding hydrogens is 429 g/mol. The molecule has 0 spiro atoms. The lowest BCUT2D eigenvalue weighted by Crippen LogP contribution is -2.49. The van der Waals surface area contributed by atoms with Crippen molar-refractivity contribution in [3.8, 4) is 11.1 Å². The first-order valence-electron chi connectivity index (χ1n) is 11.4. The molecule has 2 aliphatic rings. The third-order valence-electron chi connectivity index (χ3n) is 6.76. The summed E-state index contributed by atoms with van der Waals surface area (Å²) < 4.78 is 15.1. The van der Waals surface area contributed by atoms with Crippen LogP contribution in [0.2, 0.25) is 0 Å². The number of amides is 2. The number of hydrogen-bond donors (Lipinski definition) is 2. The third kappa shape index (κ3) is 3.93. The highest BCUT2D eigenvalue weighted by Gasteiger charge is 2.34. The van der Waals surface area contributed by atoms with Gasteiger partial charge in [-0.15, -0.1) is 0 Å². The molecule has 34 heavy (non-hydrogen) atoms. The first-order valence-corrected chi connectivity index (χ1v) is 11.4. The van der Waals surface area contributed by atoms with Gasteiger partial charge in [-0.3, -0.25) is 4.90 Å². The molecule has 4 N–H and O–H groups in total. The Kier molecular flexibility index (Phi) is 5.81. The molecule has 0 radical (unpaired) electrons. The number of nitrogens with zero attached hydrogens (tertiary/aromatic N) is 3. The summed E-state index contributed by atoms with van der Waals surface area (Å²) in [6.07, 6.45) is 0.923. The molecule has 5 rings (SSSR count). The van der Waals surface area contributed by atoms with Crippen LogP contribution in [0.15, 0.2) is 73.3 Å². The number of hydrogen-bond acceptors (Lipinski definition) is 4. The molecule has 0 unspecified atom stereocenters. The Bertz CT molecular complexity index is 1230. The van der Waals surface area contributed by atoms with Crippen molar-refractivity contribution in [2.45, 2.75) is 13.0 Å². The maximum Gasteiger partial charge on any atom is 0.343 e. The van der Waals surface area contributed by atoms with Crippen LogP contribution in [-0.2, 0) is 6.54 Å². The average molecular weight is 458 g/mol. The van der Waals surface area contributed by atoms with Gasteiger partial charge in [0.15, 0.2) is 0 Å². The Morgan fingerprint density at radius 3 is 2.38 bits per heavy atom. The Hall–Kier alpha value is -3.68. The number of rotatable bonds is 5. The molecule has 0 saturated carbocycles. The van der Waals surface area contributed by atoms with E-state index in [1.165, 1.54) is 6.07 Å². The summed E-state index contributed by atoms with van der Waals surface area (Å²) in [5, 5.41) is 0.986. The first-order chi connectivity index (χ1) is 16.5. The zero-order valence-corrected chi connectivity index (χ0v) is 19.0. The summed E-state index contributed by atoms with van der Waals surface area (Å²) in [5.41, 5.74) is 10.9. The van der Waals surface area contributed by atoms with Crippen LogP contribution in [0, 0.1) is 11.7 Å². The molecule has 3 aromatic carbocycles. The molecule has 7 heteroatoms. The van der Waals surface area contributed by atoms with E-state index in [9.17, 15) is 4.79 Å². The second kappa shape index (κ2) is 8.93. The van der Waals surface area contributed by atoms with Crippen LogP contribution in [-0.4, -0.2) is 30.7 Å². The molecule has 2 heterocycles. The van der Waals surface area contributed by atoms with E-state index >= 15 is 4.39 Å². The van der Waals surface area contributed by atoms with Gasteiger partial charge in [-0.1, -0.05) is 61.2 Å². The van der Waals surface area contributed by atoms with Gasteiger partial charge in [-0.2, -0.15) is 0 Å². The highest BCUT2D eigenvalue weighted by atomic mass is 19.1. The molecule has 1 atom stereocenters. The zero-order valence-electron chi connectivity index (χ0n) is 19.0. The molecule has 6 nitrogen and oxygen atoms in total. The van der Waals surface area contributed by atoms with Crippen molar-refractivity contribution in [2.75, 3.05) is 29.4 Å². The van der Waals surface area contributed by atoms with Crippen LogP contribution in [0.4, 0.5) is 20.6 Å². The minimum Gasteiger partial charge on any atom is -0.369 e. The van der Waals surface area contributed by atoms with Gasteiger partial charge < -0.3 is 10.6 Å². The first kappa shape index (κ1) is 22.1. The number of carbonyl (C=O) groups excluding carboxylic acids is 1. The predicted octanol–water partition coefficient (Wildman–Crippen LogP) is 4.56. The number of anilines is 2. The minimum atomic E-state index is -0.400. The Labute approximate surface area is 198 Å². The summed E-state index contributed by atoms with van der Waals surface area (Å²) >= 11 is 0. The van der Waals surface area contributed by atoms with E-state index in [-0.39, 0.29) is 11.5 Å². The average Bonchev–Trinajstić information content (AvgIpc) is 3.35. The van der Waals surface area contributed by atoms with Crippen molar-refractivity contribution in [3.63, 3.8) is 0 Å². The lowest BCUT2D eigenvalue weighted by Gasteiger charge is -2.37. The second-order valence-corrected chi connectivity index (χ2v) is 8.91. The van der Waals surface area contributed by atoms with E-state index in [0.29, 0.717) is 42.5 Å². The highest BCUT2D eigenvalue weighted by Crippen LogP contribution is 2.40. The fraction of sp³-hybridized carbons (Fsp3) is 0.222. The molecule has 2 aliphatic heterocycles. The quantitative estimate of drug-likeness (QED) is 0.435. The lowest BCUT2D eigenvalue weighted by molar-refractivity contribution is 0.223.